The third-order valence-corrected chi connectivity index (χ3v) is 4.47. The molecule has 0 unspecified atom stereocenters. The summed E-state index contributed by atoms with van der Waals surface area (Å²) in [5.74, 6) is 1.12. The molecule has 1 aromatic heterocycles. The Hall–Kier alpha value is -3.61. The summed E-state index contributed by atoms with van der Waals surface area (Å²) in [4.78, 5) is 28.7. The van der Waals surface area contributed by atoms with E-state index in [2.05, 4.69) is 4.98 Å². The molecule has 156 valence electrons. The van der Waals surface area contributed by atoms with Gasteiger partial charge in [0, 0.05) is 23.2 Å². The number of fused-ring (bicyclic) bond motifs is 1. The molecule has 7 nitrogen and oxygen atoms in total. The number of esters is 1. The minimum absolute atomic E-state index is 0.155. The van der Waals surface area contributed by atoms with Crippen LogP contribution in [0.3, 0.4) is 0 Å². The lowest BCUT2D eigenvalue weighted by atomic mass is 10.1. The van der Waals surface area contributed by atoms with Crippen LogP contribution in [0.15, 0.2) is 42.6 Å². The summed E-state index contributed by atoms with van der Waals surface area (Å²) in [6.07, 6.45) is 2.29. The fourth-order valence-corrected chi connectivity index (χ4v) is 2.92. The molecule has 30 heavy (non-hydrogen) atoms. The molecule has 0 atom stereocenters. The summed E-state index contributed by atoms with van der Waals surface area (Å²) in [5.41, 5.74) is 1.22. The first-order valence-corrected chi connectivity index (χ1v) is 9.49. The van der Waals surface area contributed by atoms with Crippen LogP contribution in [0, 0.1) is 0 Å². The number of carbonyl (C=O) groups excluding carboxylic acids is 2. The third-order valence-electron chi connectivity index (χ3n) is 4.47. The molecule has 1 heterocycles. The second kappa shape index (κ2) is 9.26. The standard InChI is InChI=1S/C23H23NO6/c1-5-10-29-23(26)17-11-15(14(2)25)6-7-19(17)30-20-8-9-24-18-13-22(28-4)21(27-3)12-16(18)20/h6-9,11-13H,5,10H2,1-4H3. The Morgan fingerprint density at radius 1 is 0.933 bits per heavy atom. The van der Waals surface area contributed by atoms with Gasteiger partial charge in [0.25, 0.3) is 0 Å². The largest absolute Gasteiger partial charge is 0.493 e. The molecule has 7 heteroatoms. The van der Waals surface area contributed by atoms with Crippen molar-refractivity contribution in [1.82, 2.24) is 4.98 Å². The molecule has 0 saturated carbocycles. The normalized spacial score (nSPS) is 10.5. The summed E-state index contributed by atoms with van der Waals surface area (Å²) in [6.45, 7) is 3.62. The van der Waals surface area contributed by atoms with Crippen LogP contribution in [0.1, 0.15) is 41.0 Å². The molecule has 0 bridgehead atoms. The molecule has 2 aromatic carbocycles. The molecule has 0 N–H and O–H groups in total. The molecular weight excluding hydrogens is 386 g/mol. The molecule has 0 aliphatic carbocycles. The number of ether oxygens (including phenoxy) is 4. The number of benzene rings is 2. The summed E-state index contributed by atoms with van der Waals surface area (Å²) >= 11 is 0. The molecule has 3 rings (SSSR count). The number of rotatable bonds is 8. The predicted molar refractivity (Wildman–Crippen MR) is 112 cm³/mol. The third kappa shape index (κ3) is 4.35. The van der Waals surface area contributed by atoms with Crippen molar-refractivity contribution >= 4 is 22.7 Å². The van der Waals surface area contributed by atoms with Crippen LogP contribution in [-0.4, -0.2) is 37.6 Å². The van der Waals surface area contributed by atoms with Crippen molar-refractivity contribution in [2.75, 3.05) is 20.8 Å². The molecule has 0 amide bonds. The zero-order valence-electron chi connectivity index (χ0n) is 17.4. The number of carbonyl (C=O) groups is 2. The topological polar surface area (TPSA) is 84.0 Å². The van der Waals surface area contributed by atoms with E-state index < -0.39 is 5.97 Å². The Labute approximate surface area is 174 Å². The van der Waals surface area contributed by atoms with Gasteiger partial charge >= 0.3 is 5.97 Å². The Morgan fingerprint density at radius 3 is 2.33 bits per heavy atom. The molecule has 0 radical (unpaired) electrons. The van der Waals surface area contributed by atoms with Gasteiger partial charge in [0.1, 0.15) is 17.1 Å². The van der Waals surface area contributed by atoms with Crippen molar-refractivity contribution < 1.29 is 28.5 Å². The number of Topliss-reactive ketones (excluding diaryl/α,β-unsaturated/α-hetero) is 1. The van der Waals surface area contributed by atoms with Crippen LogP contribution in [0.5, 0.6) is 23.0 Å². The average molecular weight is 409 g/mol. The first-order chi connectivity index (χ1) is 14.5. The monoisotopic (exact) mass is 409 g/mol. The number of methoxy groups -OCH3 is 2. The maximum absolute atomic E-state index is 12.6. The summed E-state index contributed by atoms with van der Waals surface area (Å²) in [7, 11) is 3.09. The van der Waals surface area contributed by atoms with Gasteiger partial charge in [-0.15, -0.1) is 0 Å². The number of hydrogen-bond donors (Lipinski definition) is 0. The highest BCUT2D eigenvalue weighted by Gasteiger charge is 2.19. The van der Waals surface area contributed by atoms with Crippen LogP contribution >= 0.6 is 0 Å². The van der Waals surface area contributed by atoms with E-state index in [1.807, 2.05) is 6.92 Å². The minimum Gasteiger partial charge on any atom is -0.493 e. The Balaban J connectivity index is 2.08. The summed E-state index contributed by atoms with van der Waals surface area (Å²) < 4.78 is 22.1. The van der Waals surface area contributed by atoms with Gasteiger partial charge in [0.15, 0.2) is 17.3 Å². The number of ketones is 1. The second-order valence-corrected chi connectivity index (χ2v) is 6.54. The van der Waals surface area contributed by atoms with Crippen molar-refractivity contribution in [2.45, 2.75) is 20.3 Å². The maximum atomic E-state index is 12.6. The van der Waals surface area contributed by atoms with E-state index in [1.165, 1.54) is 13.0 Å². The van der Waals surface area contributed by atoms with Crippen LogP contribution in [0.25, 0.3) is 10.9 Å². The van der Waals surface area contributed by atoms with Gasteiger partial charge in [0.05, 0.1) is 26.3 Å². The highest BCUT2D eigenvalue weighted by Crippen LogP contribution is 2.37. The lowest BCUT2D eigenvalue weighted by Gasteiger charge is -2.14. The Kier molecular flexibility index (Phi) is 6.51. The lowest BCUT2D eigenvalue weighted by molar-refractivity contribution is 0.0502. The van der Waals surface area contributed by atoms with Crippen molar-refractivity contribution in [1.29, 1.82) is 0 Å². The molecule has 0 spiro atoms. The number of pyridine rings is 1. The molecule has 0 aliphatic rings. The van der Waals surface area contributed by atoms with Crippen molar-refractivity contribution in [3.63, 3.8) is 0 Å². The fourth-order valence-electron chi connectivity index (χ4n) is 2.92. The zero-order chi connectivity index (χ0) is 21.7. The molecule has 0 fully saturated rings. The lowest BCUT2D eigenvalue weighted by Crippen LogP contribution is -2.09. The van der Waals surface area contributed by atoms with Gasteiger partial charge in [-0.05, 0) is 43.7 Å². The van der Waals surface area contributed by atoms with E-state index in [4.69, 9.17) is 18.9 Å². The fraction of sp³-hybridized carbons (Fsp3) is 0.261. The number of aromatic nitrogens is 1. The predicted octanol–water partition coefficient (Wildman–Crippen LogP) is 4.81. The van der Waals surface area contributed by atoms with Crippen LogP contribution in [0.2, 0.25) is 0 Å². The zero-order valence-corrected chi connectivity index (χ0v) is 17.4. The van der Waals surface area contributed by atoms with Gasteiger partial charge in [-0.25, -0.2) is 4.79 Å². The first-order valence-electron chi connectivity index (χ1n) is 9.49. The summed E-state index contributed by atoms with van der Waals surface area (Å²) in [5, 5.41) is 0.679. The number of nitrogens with zero attached hydrogens (tertiary/aromatic N) is 1. The van der Waals surface area contributed by atoms with Crippen LogP contribution in [0.4, 0.5) is 0 Å². The van der Waals surface area contributed by atoms with E-state index >= 15 is 0 Å². The van der Waals surface area contributed by atoms with Gasteiger partial charge in [-0.2, -0.15) is 0 Å². The Bertz CT molecular complexity index is 1090. The van der Waals surface area contributed by atoms with Crippen molar-refractivity contribution in [2.24, 2.45) is 0 Å². The average Bonchev–Trinajstić information content (AvgIpc) is 2.76. The van der Waals surface area contributed by atoms with E-state index in [-0.39, 0.29) is 23.7 Å². The van der Waals surface area contributed by atoms with Crippen LogP contribution in [-0.2, 0) is 4.74 Å². The smallest absolute Gasteiger partial charge is 0.341 e. The minimum atomic E-state index is -0.549. The second-order valence-electron chi connectivity index (χ2n) is 6.54. The maximum Gasteiger partial charge on any atom is 0.341 e. The molecule has 0 aliphatic heterocycles. The van der Waals surface area contributed by atoms with E-state index in [9.17, 15) is 9.59 Å². The van der Waals surface area contributed by atoms with Crippen molar-refractivity contribution in [3.05, 3.63) is 53.7 Å². The van der Waals surface area contributed by atoms with Crippen LogP contribution < -0.4 is 14.2 Å². The number of hydrogen-bond acceptors (Lipinski definition) is 7. The quantitative estimate of drug-likeness (QED) is 0.390. The highest BCUT2D eigenvalue weighted by atomic mass is 16.5. The Morgan fingerprint density at radius 2 is 1.67 bits per heavy atom. The summed E-state index contributed by atoms with van der Waals surface area (Å²) in [6, 6.07) is 9.89. The van der Waals surface area contributed by atoms with Gasteiger partial charge in [-0.1, -0.05) is 6.92 Å². The molecule has 0 saturated heterocycles. The van der Waals surface area contributed by atoms with Gasteiger partial charge < -0.3 is 18.9 Å². The first kappa shape index (κ1) is 21.1. The van der Waals surface area contributed by atoms with Crippen molar-refractivity contribution in [3.8, 4) is 23.0 Å². The molecule has 3 aromatic rings. The van der Waals surface area contributed by atoms with Gasteiger partial charge in [0.2, 0.25) is 0 Å². The van der Waals surface area contributed by atoms with E-state index in [0.29, 0.717) is 40.1 Å². The SMILES string of the molecule is CCCOC(=O)c1cc(C(C)=O)ccc1Oc1ccnc2cc(OC)c(OC)cc12. The van der Waals surface area contributed by atoms with E-state index in [0.717, 1.165) is 0 Å². The highest BCUT2D eigenvalue weighted by molar-refractivity contribution is 5.99. The molecular formula is C23H23NO6. The van der Waals surface area contributed by atoms with E-state index in [1.54, 1.807) is 50.7 Å². The van der Waals surface area contributed by atoms with Gasteiger partial charge in [-0.3, -0.25) is 9.78 Å².